The van der Waals surface area contributed by atoms with Crippen LogP contribution in [0.1, 0.15) is 5.69 Å². The van der Waals surface area contributed by atoms with Gasteiger partial charge in [-0.05, 0) is 6.07 Å². The quantitative estimate of drug-likeness (QED) is 0.785. The highest BCUT2D eigenvalue weighted by molar-refractivity contribution is 5.89. The lowest BCUT2D eigenvalue weighted by Gasteiger charge is -2.08. The van der Waals surface area contributed by atoms with E-state index in [1.165, 1.54) is 18.8 Å². The molecular formula is C14H15N3O4. The van der Waals surface area contributed by atoms with Crippen LogP contribution in [-0.4, -0.2) is 35.3 Å². The van der Waals surface area contributed by atoms with E-state index in [0.29, 0.717) is 16.5 Å². The average molecular weight is 289 g/mol. The lowest BCUT2D eigenvalue weighted by atomic mass is 10.1. The molecule has 7 heteroatoms. The molecule has 0 saturated carbocycles. The molecule has 1 aromatic carbocycles. The first kappa shape index (κ1) is 14.7. The Hall–Kier alpha value is -2.70. The average Bonchev–Trinajstić information content (AvgIpc) is 2.50. The van der Waals surface area contributed by atoms with Crippen molar-refractivity contribution in [2.45, 2.75) is 6.42 Å². The second kappa shape index (κ2) is 6.17. The summed E-state index contributed by atoms with van der Waals surface area (Å²) in [5.41, 5.74) is 0.263. The minimum absolute atomic E-state index is 0.0222. The van der Waals surface area contributed by atoms with Crippen molar-refractivity contribution < 1.29 is 14.3 Å². The fourth-order valence-electron chi connectivity index (χ4n) is 1.96. The highest BCUT2D eigenvalue weighted by Gasteiger charge is 2.13. The predicted octanol–water partition coefficient (Wildman–Crippen LogP) is -0.235. The van der Waals surface area contributed by atoms with Crippen LogP contribution in [0, 0.1) is 0 Å². The number of nitrogens with one attached hydrogen (secondary N) is 1. The first-order valence-corrected chi connectivity index (χ1v) is 6.31. The topological polar surface area (TPSA) is 90.3 Å². The number of esters is 1. The highest BCUT2D eigenvalue weighted by Crippen LogP contribution is 2.13. The molecule has 0 bridgehead atoms. The van der Waals surface area contributed by atoms with Crippen LogP contribution in [0.3, 0.4) is 0 Å². The molecule has 2 aromatic rings. The van der Waals surface area contributed by atoms with Gasteiger partial charge in [-0.15, -0.1) is 0 Å². The van der Waals surface area contributed by atoms with E-state index in [9.17, 15) is 14.4 Å². The van der Waals surface area contributed by atoms with Crippen molar-refractivity contribution in [1.29, 1.82) is 0 Å². The monoisotopic (exact) mass is 289 g/mol. The molecule has 7 nitrogen and oxygen atoms in total. The number of aryl methyl sites for hydroxylation is 1. The van der Waals surface area contributed by atoms with Crippen LogP contribution in [0.25, 0.3) is 10.8 Å². The normalized spacial score (nSPS) is 10.4. The van der Waals surface area contributed by atoms with Gasteiger partial charge in [0, 0.05) is 12.4 Å². The summed E-state index contributed by atoms with van der Waals surface area (Å²) in [4.78, 5) is 34.8. The summed E-state index contributed by atoms with van der Waals surface area (Å²) >= 11 is 0. The zero-order chi connectivity index (χ0) is 15.4. The van der Waals surface area contributed by atoms with Gasteiger partial charge in [-0.2, -0.15) is 5.10 Å². The summed E-state index contributed by atoms with van der Waals surface area (Å²) in [7, 11) is 2.78. The van der Waals surface area contributed by atoms with Crippen LogP contribution in [0.15, 0.2) is 29.1 Å². The van der Waals surface area contributed by atoms with E-state index in [1.54, 1.807) is 24.3 Å². The van der Waals surface area contributed by atoms with Crippen LogP contribution in [-0.2, 0) is 27.8 Å². The Labute approximate surface area is 120 Å². The van der Waals surface area contributed by atoms with Crippen LogP contribution >= 0.6 is 0 Å². The molecule has 0 fully saturated rings. The zero-order valence-corrected chi connectivity index (χ0v) is 11.8. The van der Waals surface area contributed by atoms with Crippen molar-refractivity contribution in [3.63, 3.8) is 0 Å². The highest BCUT2D eigenvalue weighted by atomic mass is 16.5. The molecular weight excluding hydrogens is 274 g/mol. The number of nitrogens with zero attached hydrogens (tertiary/aromatic N) is 2. The molecule has 1 N–H and O–H groups in total. The molecule has 21 heavy (non-hydrogen) atoms. The fraction of sp³-hybridized carbons (Fsp3) is 0.286. The molecule has 1 aromatic heterocycles. The molecule has 110 valence electrons. The van der Waals surface area contributed by atoms with Crippen LogP contribution in [0.4, 0.5) is 0 Å². The van der Waals surface area contributed by atoms with Gasteiger partial charge in [0.2, 0.25) is 5.91 Å². The summed E-state index contributed by atoms with van der Waals surface area (Å²) in [6.45, 7) is -0.195. The third-order valence-corrected chi connectivity index (χ3v) is 3.02. The van der Waals surface area contributed by atoms with E-state index in [2.05, 4.69) is 15.2 Å². The van der Waals surface area contributed by atoms with E-state index in [-0.39, 0.29) is 24.4 Å². The third kappa shape index (κ3) is 3.25. The molecule has 0 atom stereocenters. The van der Waals surface area contributed by atoms with Crippen molar-refractivity contribution in [2.24, 2.45) is 7.05 Å². The largest absolute Gasteiger partial charge is 0.468 e. The summed E-state index contributed by atoms with van der Waals surface area (Å²) in [6, 6.07) is 6.96. The van der Waals surface area contributed by atoms with Crippen LogP contribution in [0.5, 0.6) is 0 Å². The fourth-order valence-corrected chi connectivity index (χ4v) is 1.96. The van der Waals surface area contributed by atoms with Gasteiger partial charge in [0.05, 0.1) is 24.6 Å². The van der Waals surface area contributed by atoms with E-state index < -0.39 is 5.97 Å². The van der Waals surface area contributed by atoms with Crippen molar-refractivity contribution in [1.82, 2.24) is 15.1 Å². The summed E-state index contributed by atoms with van der Waals surface area (Å²) in [5.74, 6) is -0.890. The first-order chi connectivity index (χ1) is 10.0. The second-order valence-electron chi connectivity index (χ2n) is 4.45. The molecule has 0 radical (unpaired) electrons. The Morgan fingerprint density at radius 3 is 2.62 bits per heavy atom. The van der Waals surface area contributed by atoms with Gasteiger partial charge in [-0.1, -0.05) is 18.2 Å². The third-order valence-electron chi connectivity index (χ3n) is 3.02. The molecule has 0 unspecified atom stereocenters. The van der Waals surface area contributed by atoms with E-state index in [1.807, 2.05) is 0 Å². The molecule has 0 spiro atoms. The van der Waals surface area contributed by atoms with Crippen LogP contribution < -0.4 is 10.9 Å². The van der Waals surface area contributed by atoms with Gasteiger partial charge < -0.3 is 10.1 Å². The second-order valence-corrected chi connectivity index (χ2v) is 4.45. The summed E-state index contributed by atoms with van der Waals surface area (Å²) in [6.07, 6.45) is -0.0222. The number of aromatic nitrogens is 2. The van der Waals surface area contributed by atoms with Gasteiger partial charge in [0.1, 0.15) is 6.54 Å². The van der Waals surface area contributed by atoms with Gasteiger partial charge in [-0.25, -0.2) is 4.68 Å². The summed E-state index contributed by atoms with van der Waals surface area (Å²) < 4.78 is 5.64. The van der Waals surface area contributed by atoms with Gasteiger partial charge >= 0.3 is 5.97 Å². The van der Waals surface area contributed by atoms with E-state index in [4.69, 9.17) is 0 Å². The van der Waals surface area contributed by atoms with Crippen molar-refractivity contribution in [3.8, 4) is 0 Å². The lowest BCUT2D eigenvalue weighted by Crippen LogP contribution is -2.32. The molecule has 0 aliphatic heterocycles. The SMILES string of the molecule is COC(=O)CNC(=O)Cc1nn(C)c(=O)c2ccccc12. The van der Waals surface area contributed by atoms with E-state index in [0.717, 1.165) is 0 Å². The Kier molecular flexibility index (Phi) is 4.32. The number of fused-ring (bicyclic) bond motifs is 1. The smallest absolute Gasteiger partial charge is 0.325 e. The number of amides is 1. The molecule has 0 aliphatic carbocycles. The van der Waals surface area contributed by atoms with Gasteiger partial charge in [0.25, 0.3) is 5.56 Å². The number of carbonyl (C=O) groups is 2. The van der Waals surface area contributed by atoms with Crippen molar-refractivity contribution in [2.75, 3.05) is 13.7 Å². The number of hydrogen-bond acceptors (Lipinski definition) is 5. The number of hydrogen-bond donors (Lipinski definition) is 1. The minimum Gasteiger partial charge on any atom is -0.468 e. The van der Waals surface area contributed by atoms with Crippen LogP contribution in [0.2, 0.25) is 0 Å². The van der Waals surface area contributed by atoms with Gasteiger partial charge in [0.15, 0.2) is 0 Å². The lowest BCUT2D eigenvalue weighted by molar-refractivity contribution is -0.141. The van der Waals surface area contributed by atoms with Crippen molar-refractivity contribution >= 4 is 22.6 Å². The first-order valence-electron chi connectivity index (χ1n) is 6.31. The Morgan fingerprint density at radius 2 is 1.95 bits per heavy atom. The standard InChI is InChI=1S/C14H15N3O4/c1-17-14(20)10-6-4-3-5-9(10)11(16-17)7-12(18)15-8-13(19)21-2/h3-6H,7-8H2,1-2H3,(H,15,18). The Morgan fingerprint density at radius 1 is 1.29 bits per heavy atom. The van der Waals surface area contributed by atoms with Crippen molar-refractivity contribution in [3.05, 3.63) is 40.3 Å². The van der Waals surface area contributed by atoms with E-state index >= 15 is 0 Å². The zero-order valence-electron chi connectivity index (χ0n) is 11.8. The van der Waals surface area contributed by atoms with Gasteiger partial charge in [-0.3, -0.25) is 14.4 Å². The number of benzene rings is 1. The molecule has 1 amide bonds. The molecule has 1 heterocycles. The number of methoxy groups -OCH3 is 1. The Balaban J connectivity index is 2.26. The molecule has 2 rings (SSSR count). The maximum absolute atomic E-state index is 12.0. The maximum atomic E-state index is 12.0. The molecule has 0 saturated heterocycles. The predicted molar refractivity (Wildman–Crippen MR) is 75.7 cm³/mol. The minimum atomic E-state index is -0.526. The maximum Gasteiger partial charge on any atom is 0.325 e. The molecule has 0 aliphatic rings. The number of ether oxygens (including phenoxy) is 1. The number of carbonyl (C=O) groups excluding carboxylic acids is 2. The Bertz CT molecular complexity index is 751. The summed E-state index contributed by atoms with van der Waals surface area (Å²) in [5, 5.41) is 7.69. The number of rotatable bonds is 4.